The number of carbonyl (C=O) groups excluding carboxylic acids is 1. The number of benzene rings is 3. The zero-order valence-electron chi connectivity index (χ0n) is 26.0. The van der Waals surface area contributed by atoms with E-state index in [1.165, 1.54) is 4.57 Å². The van der Waals surface area contributed by atoms with Crippen molar-refractivity contribution >= 4 is 23.5 Å². The van der Waals surface area contributed by atoms with E-state index in [1.54, 1.807) is 38.6 Å². The molecule has 4 rings (SSSR count). The van der Waals surface area contributed by atoms with Gasteiger partial charge in [-0.3, -0.25) is 14.4 Å². The van der Waals surface area contributed by atoms with Crippen LogP contribution in [0.15, 0.2) is 83.8 Å². The lowest BCUT2D eigenvalue weighted by Crippen LogP contribution is -2.40. The molecule has 0 aliphatic carbocycles. The fraction of sp³-hybridized carbons (Fsp3) is 0.306. The van der Waals surface area contributed by atoms with Crippen molar-refractivity contribution in [3.05, 3.63) is 117 Å². The first-order valence-corrected chi connectivity index (χ1v) is 15.3. The van der Waals surface area contributed by atoms with Crippen LogP contribution in [0.2, 0.25) is 5.02 Å². The van der Waals surface area contributed by atoms with Crippen LogP contribution in [0.5, 0.6) is 11.5 Å². The molecule has 0 spiro atoms. The Balaban J connectivity index is 1.67. The Morgan fingerprint density at radius 1 is 0.956 bits per heavy atom. The highest BCUT2D eigenvalue weighted by molar-refractivity contribution is 6.31. The molecule has 2 N–H and O–H groups in total. The lowest BCUT2D eigenvalue weighted by molar-refractivity contribution is -0.138. The van der Waals surface area contributed by atoms with Gasteiger partial charge >= 0.3 is 5.97 Å². The minimum atomic E-state index is -1.06. The minimum Gasteiger partial charge on any atom is -0.496 e. The molecule has 0 bridgehead atoms. The van der Waals surface area contributed by atoms with Gasteiger partial charge in [0.25, 0.3) is 5.56 Å². The molecule has 1 amide bonds. The number of rotatable bonds is 14. The molecule has 0 radical (unpaired) electrons. The van der Waals surface area contributed by atoms with Gasteiger partial charge < -0.3 is 24.5 Å². The van der Waals surface area contributed by atoms with Gasteiger partial charge in [0.05, 0.1) is 32.2 Å². The molecule has 1 heterocycles. The molecule has 0 fully saturated rings. The first-order chi connectivity index (χ1) is 21.7. The van der Waals surface area contributed by atoms with Crippen molar-refractivity contribution in [2.75, 3.05) is 14.2 Å². The Bertz CT molecular complexity index is 1680. The van der Waals surface area contributed by atoms with Crippen LogP contribution in [0.1, 0.15) is 66.9 Å². The molecule has 4 aromatic rings. The van der Waals surface area contributed by atoms with Crippen LogP contribution in [-0.2, 0) is 16.0 Å². The van der Waals surface area contributed by atoms with Crippen LogP contribution in [-0.4, -0.2) is 35.8 Å². The van der Waals surface area contributed by atoms with E-state index in [4.69, 9.17) is 21.1 Å². The van der Waals surface area contributed by atoms with Crippen molar-refractivity contribution in [3.8, 4) is 22.6 Å². The number of halogens is 1. The highest BCUT2D eigenvalue weighted by Crippen LogP contribution is 2.38. The smallest absolute Gasteiger partial charge is 0.305 e. The van der Waals surface area contributed by atoms with Crippen LogP contribution in [0.3, 0.4) is 0 Å². The van der Waals surface area contributed by atoms with E-state index in [2.05, 4.69) is 5.32 Å². The Labute approximate surface area is 268 Å². The van der Waals surface area contributed by atoms with Gasteiger partial charge in [-0.25, -0.2) is 0 Å². The van der Waals surface area contributed by atoms with Gasteiger partial charge in [0.15, 0.2) is 0 Å². The first-order valence-electron chi connectivity index (χ1n) is 14.9. The van der Waals surface area contributed by atoms with Gasteiger partial charge in [0.1, 0.15) is 17.5 Å². The van der Waals surface area contributed by atoms with Gasteiger partial charge in [-0.05, 0) is 59.9 Å². The summed E-state index contributed by atoms with van der Waals surface area (Å²) < 4.78 is 12.6. The molecule has 9 heteroatoms. The second-order valence-corrected chi connectivity index (χ2v) is 11.4. The maximum atomic E-state index is 13.9. The molecule has 0 aliphatic heterocycles. The molecular weight excluding hydrogens is 592 g/mol. The molecule has 236 valence electrons. The average molecular weight is 631 g/mol. The van der Waals surface area contributed by atoms with E-state index in [-0.39, 0.29) is 12.0 Å². The Kier molecular flexibility index (Phi) is 11.4. The summed E-state index contributed by atoms with van der Waals surface area (Å²) in [6, 6.07) is 20.3. The average Bonchev–Trinajstić information content (AvgIpc) is 3.03. The van der Waals surface area contributed by atoms with E-state index < -0.39 is 24.0 Å². The number of carboxylic acids is 1. The Morgan fingerprint density at radius 3 is 2.22 bits per heavy atom. The third-order valence-electron chi connectivity index (χ3n) is 7.79. The number of carboxylic acid groups (broad SMARTS) is 1. The molecule has 3 aromatic carbocycles. The number of carbonyl (C=O) groups is 2. The van der Waals surface area contributed by atoms with Gasteiger partial charge in [-0.1, -0.05) is 79.9 Å². The zero-order chi connectivity index (χ0) is 32.5. The number of methoxy groups -OCH3 is 2. The van der Waals surface area contributed by atoms with Crippen molar-refractivity contribution in [1.82, 2.24) is 9.88 Å². The van der Waals surface area contributed by atoms with E-state index >= 15 is 0 Å². The maximum absolute atomic E-state index is 13.9. The number of amides is 1. The summed E-state index contributed by atoms with van der Waals surface area (Å²) >= 11 is 6.39. The molecular formula is C36H39ClN2O6. The van der Waals surface area contributed by atoms with Crippen molar-refractivity contribution in [2.45, 2.75) is 58.0 Å². The largest absolute Gasteiger partial charge is 0.496 e. The number of aliphatic carboxylic acids is 1. The molecule has 0 saturated carbocycles. The third kappa shape index (κ3) is 8.13. The molecule has 1 aromatic heterocycles. The van der Waals surface area contributed by atoms with Crippen LogP contribution >= 0.6 is 11.6 Å². The lowest BCUT2D eigenvalue weighted by atomic mass is 9.97. The van der Waals surface area contributed by atoms with Crippen LogP contribution in [0.4, 0.5) is 0 Å². The number of aromatic nitrogens is 1. The summed E-state index contributed by atoms with van der Waals surface area (Å²) in [5.74, 6) is -0.209. The van der Waals surface area contributed by atoms with E-state index in [9.17, 15) is 19.5 Å². The maximum Gasteiger partial charge on any atom is 0.305 e. The molecule has 2 atom stereocenters. The summed E-state index contributed by atoms with van der Waals surface area (Å²) in [5, 5.41) is 13.3. The second-order valence-electron chi connectivity index (χ2n) is 11.0. The molecule has 0 aliphatic rings. The molecule has 8 nitrogen and oxygen atoms in total. The van der Waals surface area contributed by atoms with E-state index in [0.29, 0.717) is 46.9 Å². The third-order valence-corrected chi connectivity index (χ3v) is 8.16. The normalized spacial score (nSPS) is 12.3. The summed E-state index contributed by atoms with van der Waals surface area (Å²) in [4.78, 5) is 39.6. The number of unbranched alkanes of at least 4 members (excludes halogenated alkanes) is 1. The van der Waals surface area contributed by atoms with Crippen molar-refractivity contribution in [3.63, 3.8) is 0 Å². The number of nitrogens with one attached hydrogen (secondary N) is 1. The van der Waals surface area contributed by atoms with Gasteiger partial charge in [0, 0.05) is 23.2 Å². The predicted octanol–water partition coefficient (Wildman–Crippen LogP) is 7.15. The summed E-state index contributed by atoms with van der Waals surface area (Å²) in [6.45, 7) is 3.90. The number of ether oxygens (including phenoxy) is 2. The topological polar surface area (TPSA) is 107 Å². The summed E-state index contributed by atoms with van der Waals surface area (Å²) in [5.41, 5.74) is 4.09. The molecule has 45 heavy (non-hydrogen) atoms. The lowest BCUT2D eigenvalue weighted by Gasteiger charge is -2.25. The zero-order valence-corrected chi connectivity index (χ0v) is 26.8. The Hall–Kier alpha value is -4.56. The van der Waals surface area contributed by atoms with E-state index in [0.717, 1.165) is 28.7 Å². The van der Waals surface area contributed by atoms with Crippen molar-refractivity contribution < 1.29 is 24.2 Å². The SMILES string of the molecule is CCCC[C@H](C(=O)N[C@@H](CC(=O)O)c1ccc(-c2c(OC)cccc2OC)cc1)n1cc(C)cc(Cc2ccccc2Cl)c1=O. The van der Waals surface area contributed by atoms with Gasteiger partial charge in [-0.15, -0.1) is 0 Å². The number of nitrogens with zero attached hydrogens (tertiary/aromatic N) is 1. The molecule has 0 unspecified atom stereocenters. The highest BCUT2D eigenvalue weighted by atomic mass is 35.5. The summed E-state index contributed by atoms with van der Waals surface area (Å²) in [7, 11) is 3.17. The quantitative estimate of drug-likeness (QED) is 0.153. The summed E-state index contributed by atoms with van der Waals surface area (Å²) in [6.07, 6.45) is 3.64. The van der Waals surface area contributed by atoms with Crippen LogP contribution < -0.4 is 20.3 Å². The fourth-order valence-electron chi connectivity index (χ4n) is 5.53. The monoisotopic (exact) mass is 630 g/mol. The van der Waals surface area contributed by atoms with Crippen molar-refractivity contribution in [2.24, 2.45) is 0 Å². The van der Waals surface area contributed by atoms with Gasteiger partial charge in [0.2, 0.25) is 5.91 Å². The Morgan fingerprint density at radius 2 is 1.62 bits per heavy atom. The standard InChI is InChI=1S/C36H39ClN2O6/c1-5-6-12-30(39-22-23(2)19-27(36(39)43)20-26-10-7-8-11-28(26)37)35(42)38-29(21-33(40)41)24-15-17-25(18-16-24)34-31(44-3)13-9-14-32(34)45-4/h7-11,13-19,22,29-30H,5-6,12,20-21H2,1-4H3,(H,38,42)(H,40,41)/t29-,30+/m0/s1. The fourth-order valence-corrected chi connectivity index (χ4v) is 5.73. The van der Waals surface area contributed by atoms with Gasteiger partial charge in [-0.2, -0.15) is 0 Å². The van der Waals surface area contributed by atoms with Crippen molar-refractivity contribution in [1.29, 1.82) is 0 Å². The first kappa shape index (κ1) is 33.3. The van der Waals surface area contributed by atoms with E-state index in [1.807, 2.05) is 68.4 Å². The number of hydrogen-bond donors (Lipinski definition) is 2. The minimum absolute atomic E-state index is 0.276. The molecule has 0 saturated heterocycles. The second kappa shape index (κ2) is 15.4. The van der Waals surface area contributed by atoms with Crippen LogP contribution in [0, 0.1) is 6.92 Å². The highest BCUT2D eigenvalue weighted by Gasteiger charge is 2.27. The van der Waals surface area contributed by atoms with Crippen LogP contribution in [0.25, 0.3) is 11.1 Å². The predicted molar refractivity (Wildman–Crippen MR) is 176 cm³/mol. The number of pyridine rings is 1. The number of hydrogen-bond acceptors (Lipinski definition) is 5. The number of aryl methyl sites for hydroxylation is 1.